The number of aromatic nitrogens is 2. The highest BCUT2D eigenvalue weighted by Gasteiger charge is 2.54. The molecule has 27 heavy (non-hydrogen) atoms. The van der Waals surface area contributed by atoms with Gasteiger partial charge in [0.1, 0.15) is 30.0 Å². The number of rotatable bonds is 5. The first-order valence-corrected chi connectivity index (χ1v) is 8.78. The van der Waals surface area contributed by atoms with Gasteiger partial charge in [-0.25, -0.2) is 14.8 Å². The Morgan fingerprint density at radius 1 is 1.52 bits per heavy atom. The second-order valence-corrected chi connectivity index (χ2v) is 6.83. The van der Waals surface area contributed by atoms with E-state index in [-0.39, 0.29) is 23.1 Å². The molecule has 0 aliphatic carbocycles. The molecule has 1 fully saturated rings. The van der Waals surface area contributed by atoms with Gasteiger partial charge in [-0.3, -0.25) is 14.5 Å². The molecule has 142 valence electrons. The second kappa shape index (κ2) is 7.23. The standard InChI is InChI=1S/C15H16N6O5S/c1-6-5-27-14-9(13(23)21(14)10(6)15(24)25)19-12(22)8(20-26-2)11-17-4-3-7(16)18-11/h3-4,9,14H,5H2,1-2H3,(H,19,22)(H,24,25)(H2,16,17,18)/b20-8+. The largest absolute Gasteiger partial charge is 0.477 e. The zero-order chi connectivity index (χ0) is 19.7. The molecule has 2 aliphatic rings. The third-order valence-corrected chi connectivity index (χ3v) is 5.36. The number of fused-ring (bicyclic) bond motifs is 1. The number of carboxylic acid groups (broad SMARTS) is 1. The van der Waals surface area contributed by atoms with E-state index in [4.69, 9.17) is 5.73 Å². The number of amides is 2. The van der Waals surface area contributed by atoms with Gasteiger partial charge < -0.3 is 21.0 Å². The number of β-lactam (4-membered cyclic amide) rings is 1. The summed E-state index contributed by atoms with van der Waals surface area (Å²) in [6, 6.07) is 0.549. The molecule has 3 heterocycles. The van der Waals surface area contributed by atoms with Crippen LogP contribution in [-0.4, -0.2) is 67.7 Å². The monoisotopic (exact) mass is 392 g/mol. The van der Waals surface area contributed by atoms with E-state index >= 15 is 0 Å². The van der Waals surface area contributed by atoms with E-state index in [1.807, 2.05) is 0 Å². The predicted octanol–water partition coefficient (Wildman–Crippen LogP) is -0.832. The number of nitrogens with one attached hydrogen (secondary N) is 1. The molecule has 0 radical (unpaired) electrons. The number of aliphatic carboxylic acids is 1. The van der Waals surface area contributed by atoms with Crippen LogP contribution in [0, 0.1) is 0 Å². The summed E-state index contributed by atoms with van der Waals surface area (Å²) in [7, 11) is 1.25. The molecular weight excluding hydrogens is 376 g/mol. The Morgan fingerprint density at radius 2 is 2.26 bits per heavy atom. The zero-order valence-corrected chi connectivity index (χ0v) is 15.2. The Hall–Kier alpha value is -3.15. The summed E-state index contributed by atoms with van der Waals surface area (Å²) in [4.78, 5) is 50.2. The number of carboxylic acids is 1. The van der Waals surface area contributed by atoms with Crippen molar-refractivity contribution in [3.63, 3.8) is 0 Å². The van der Waals surface area contributed by atoms with Gasteiger partial charge in [0.15, 0.2) is 5.82 Å². The Balaban J connectivity index is 1.80. The van der Waals surface area contributed by atoms with Gasteiger partial charge in [-0.15, -0.1) is 11.8 Å². The lowest BCUT2D eigenvalue weighted by molar-refractivity contribution is -0.150. The first-order valence-electron chi connectivity index (χ1n) is 7.73. The Bertz CT molecular complexity index is 885. The summed E-state index contributed by atoms with van der Waals surface area (Å²) >= 11 is 1.37. The average Bonchev–Trinajstić information content (AvgIpc) is 2.63. The molecule has 2 aliphatic heterocycles. The fourth-order valence-corrected chi connectivity index (χ4v) is 4.04. The van der Waals surface area contributed by atoms with Gasteiger partial charge in [0.2, 0.25) is 5.71 Å². The zero-order valence-electron chi connectivity index (χ0n) is 14.4. The van der Waals surface area contributed by atoms with Gasteiger partial charge in [0, 0.05) is 11.9 Å². The molecule has 3 rings (SSSR count). The number of thioether (sulfide) groups is 1. The van der Waals surface area contributed by atoms with Crippen molar-refractivity contribution in [2.24, 2.45) is 5.16 Å². The summed E-state index contributed by atoms with van der Waals surface area (Å²) in [5.41, 5.74) is 5.90. The van der Waals surface area contributed by atoms with Crippen molar-refractivity contribution >= 4 is 41.1 Å². The van der Waals surface area contributed by atoms with Gasteiger partial charge in [0.25, 0.3) is 11.8 Å². The minimum Gasteiger partial charge on any atom is -0.477 e. The van der Waals surface area contributed by atoms with Crippen molar-refractivity contribution < 1.29 is 24.3 Å². The van der Waals surface area contributed by atoms with E-state index in [1.165, 1.54) is 36.0 Å². The lowest BCUT2D eigenvalue weighted by atomic mass is 10.0. The van der Waals surface area contributed by atoms with Crippen molar-refractivity contribution in [3.05, 3.63) is 29.4 Å². The molecule has 0 spiro atoms. The van der Waals surface area contributed by atoms with Crippen LogP contribution in [0.4, 0.5) is 5.82 Å². The number of nitrogens with zero attached hydrogens (tertiary/aromatic N) is 4. The third-order valence-electron chi connectivity index (χ3n) is 3.93. The molecule has 1 aromatic rings. The van der Waals surface area contributed by atoms with Gasteiger partial charge in [0.05, 0.1) is 0 Å². The second-order valence-electron chi connectivity index (χ2n) is 5.72. The maximum Gasteiger partial charge on any atom is 0.352 e. The van der Waals surface area contributed by atoms with Crippen LogP contribution in [0.15, 0.2) is 28.7 Å². The summed E-state index contributed by atoms with van der Waals surface area (Å²) in [5.74, 6) is -1.90. The van der Waals surface area contributed by atoms with Crippen LogP contribution in [0.2, 0.25) is 0 Å². The number of hydrogen-bond donors (Lipinski definition) is 3. The highest BCUT2D eigenvalue weighted by atomic mass is 32.2. The number of oxime groups is 1. The minimum absolute atomic E-state index is 0.0424. The molecule has 1 saturated heterocycles. The lowest BCUT2D eigenvalue weighted by Gasteiger charge is -2.49. The highest BCUT2D eigenvalue weighted by Crippen LogP contribution is 2.40. The van der Waals surface area contributed by atoms with E-state index in [0.717, 1.165) is 0 Å². The fourth-order valence-electron chi connectivity index (χ4n) is 2.75. The van der Waals surface area contributed by atoms with Gasteiger partial charge in [-0.1, -0.05) is 5.16 Å². The van der Waals surface area contributed by atoms with E-state index < -0.39 is 29.2 Å². The first-order chi connectivity index (χ1) is 12.8. The summed E-state index contributed by atoms with van der Waals surface area (Å²) < 4.78 is 0. The SMILES string of the molecule is CO/N=C(/C(=O)NC1C(=O)N2C(C(=O)O)=C(C)CSC12)c1nccc(N)n1. The molecule has 0 aromatic carbocycles. The quantitative estimate of drug-likeness (QED) is 0.330. The molecule has 11 nitrogen and oxygen atoms in total. The molecular formula is C15H16N6O5S. The summed E-state index contributed by atoms with van der Waals surface area (Å²) in [5, 5.41) is 15.0. The molecule has 2 amide bonds. The molecule has 12 heteroatoms. The van der Waals surface area contributed by atoms with Gasteiger partial charge in [-0.2, -0.15) is 0 Å². The van der Waals surface area contributed by atoms with Crippen LogP contribution < -0.4 is 11.1 Å². The summed E-state index contributed by atoms with van der Waals surface area (Å²) in [6.07, 6.45) is 1.36. The minimum atomic E-state index is -1.18. The fraction of sp³-hybridized carbons (Fsp3) is 0.333. The van der Waals surface area contributed by atoms with E-state index in [0.29, 0.717) is 11.3 Å². The topological polar surface area (TPSA) is 160 Å². The number of nitrogens with two attached hydrogens (primary N) is 1. The van der Waals surface area contributed by atoms with Crippen LogP contribution in [0.3, 0.4) is 0 Å². The van der Waals surface area contributed by atoms with Gasteiger partial charge >= 0.3 is 5.97 Å². The lowest BCUT2D eigenvalue weighted by Crippen LogP contribution is -2.71. The smallest absolute Gasteiger partial charge is 0.352 e. The van der Waals surface area contributed by atoms with Crippen LogP contribution in [0.25, 0.3) is 0 Å². The number of carbonyl (C=O) groups excluding carboxylic acids is 2. The Labute approximate surface area is 157 Å². The molecule has 2 atom stereocenters. The first kappa shape index (κ1) is 18.6. The summed E-state index contributed by atoms with van der Waals surface area (Å²) in [6.45, 7) is 1.66. The van der Waals surface area contributed by atoms with E-state index in [2.05, 4.69) is 25.3 Å². The normalized spacial score (nSPS) is 22.1. The van der Waals surface area contributed by atoms with Crippen LogP contribution in [0.5, 0.6) is 0 Å². The van der Waals surface area contributed by atoms with Crippen LogP contribution >= 0.6 is 11.8 Å². The van der Waals surface area contributed by atoms with Crippen molar-refractivity contribution in [2.75, 3.05) is 18.6 Å². The molecule has 0 bridgehead atoms. The number of carbonyl (C=O) groups is 3. The maximum absolute atomic E-state index is 12.6. The number of hydrogen-bond acceptors (Lipinski definition) is 9. The molecule has 0 saturated carbocycles. The number of anilines is 1. The van der Waals surface area contributed by atoms with Crippen molar-refractivity contribution in [1.29, 1.82) is 0 Å². The average molecular weight is 392 g/mol. The molecule has 4 N–H and O–H groups in total. The van der Waals surface area contributed by atoms with Gasteiger partial charge in [-0.05, 0) is 18.6 Å². The Morgan fingerprint density at radius 3 is 2.89 bits per heavy atom. The van der Waals surface area contributed by atoms with Crippen LogP contribution in [-0.2, 0) is 19.2 Å². The van der Waals surface area contributed by atoms with Crippen LogP contribution in [0.1, 0.15) is 12.7 Å². The number of nitrogen functional groups attached to an aromatic ring is 1. The molecule has 2 unspecified atom stereocenters. The Kier molecular flexibility index (Phi) is 4.99. The van der Waals surface area contributed by atoms with E-state index in [1.54, 1.807) is 6.92 Å². The van der Waals surface area contributed by atoms with Crippen molar-refractivity contribution in [1.82, 2.24) is 20.2 Å². The van der Waals surface area contributed by atoms with Crippen molar-refractivity contribution in [3.8, 4) is 0 Å². The molecule has 1 aromatic heterocycles. The third kappa shape index (κ3) is 3.30. The van der Waals surface area contributed by atoms with E-state index in [9.17, 15) is 19.5 Å². The predicted molar refractivity (Wildman–Crippen MR) is 95.3 cm³/mol. The maximum atomic E-state index is 12.6. The van der Waals surface area contributed by atoms with Crippen molar-refractivity contribution in [2.45, 2.75) is 18.3 Å². The highest BCUT2D eigenvalue weighted by molar-refractivity contribution is 8.00.